The van der Waals surface area contributed by atoms with Crippen LogP contribution in [-0.4, -0.2) is 43.6 Å². The van der Waals surface area contributed by atoms with Crippen LogP contribution in [0.3, 0.4) is 0 Å². The molecule has 27 heavy (non-hydrogen) atoms. The van der Waals surface area contributed by atoms with Gasteiger partial charge in [0.2, 0.25) is 5.95 Å². The first-order valence-corrected chi connectivity index (χ1v) is 9.25. The third-order valence-corrected chi connectivity index (χ3v) is 5.30. The second-order valence-corrected chi connectivity index (χ2v) is 8.26. The average molecular weight is 370 g/mol. The van der Waals surface area contributed by atoms with Gasteiger partial charge in [0, 0.05) is 47.7 Å². The number of aromatic nitrogens is 3. The summed E-state index contributed by atoms with van der Waals surface area (Å²) < 4.78 is 19.9. The van der Waals surface area contributed by atoms with Crippen molar-refractivity contribution in [3.8, 4) is 11.1 Å². The summed E-state index contributed by atoms with van der Waals surface area (Å²) in [6.45, 7) is 5.62. The molecule has 3 unspecified atom stereocenters. The molecule has 0 aliphatic carbocycles. The quantitative estimate of drug-likeness (QED) is 0.749. The van der Waals surface area contributed by atoms with E-state index in [9.17, 15) is 9.18 Å². The maximum absolute atomic E-state index is 14.3. The number of nitrogens with zero attached hydrogens (tertiary/aromatic N) is 4. The largest absolute Gasteiger partial charge is 0.444 e. The van der Waals surface area contributed by atoms with E-state index >= 15 is 0 Å². The summed E-state index contributed by atoms with van der Waals surface area (Å²) in [4.78, 5) is 26.4. The lowest BCUT2D eigenvalue weighted by molar-refractivity contribution is 0.0213. The maximum atomic E-state index is 14.3. The Bertz CT molecular complexity index is 853. The molecule has 2 aliphatic rings. The molecular weight excluding hydrogens is 347 g/mol. The molecule has 6 nitrogen and oxygen atoms in total. The number of ether oxygens (including phenoxy) is 1. The molecule has 7 heteroatoms. The Hall–Kier alpha value is -2.57. The van der Waals surface area contributed by atoms with E-state index in [0.29, 0.717) is 11.1 Å². The number of pyridine rings is 1. The first kappa shape index (κ1) is 17.8. The summed E-state index contributed by atoms with van der Waals surface area (Å²) in [6, 6.07) is 2.06. The zero-order chi connectivity index (χ0) is 19.2. The molecule has 2 bridgehead atoms. The minimum Gasteiger partial charge on any atom is -0.444 e. The predicted octanol–water partition coefficient (Wildman–Crippen LogP) is 3.93. The molecule has 4 heterocycles. The monoisotopic (exact) mass is 370 g/mol. The van der Waals surface area contributed by atoms with Crippen LogP contribution < -0.4 is 0 Å². The van der Waals surface area contributed by atoms with Crippen LogP contribution in [0.25, 0.3) is 11.1 Å². The number of carbonyl (C=O) groups excluding carboxylic acids is 1. The van der Waals surface area contributed by atoms with E-state index < -0.39 is 11.5 Å². The zero-order valence-corrected chi connectivity index (χ0v) is 15.7. The molecule has 142 valence electrons. The van der Waals surface area contributed by atoms with Gasteiger partial charge in [-0.2, -0.15) is 4.39 Å². The van der Waals surface area contributed by atoms with E-state index in [0.717, 1.165) is 24.8 Å². The second-order valence-electron chi connectivity index (χ2n) is 8.26. The van der Waals surface area contributed by atoms with Crippen molar-refractivity contribution >= 4 is 6.09 Å². The number of fused-ring (bicyclic) bond motifs is 2. The number of rotatable bonds is 2. The first-order valence-electron chi connectivity index (χ1n) is 9.25. The molecule has 2 aromatic rings. The molecule has 2 saturated heterocycles. The van der Waals surface area contributed by atoms with Crippen LogP contribution in [0.4, 0.5) is 9.18 Å². The van der Waals surface area contributed by atoms with Crippen LogP contribution in [0.15, 0.2) is 31.0 Å². The van der Waals surface area contributed by atoms with E-state index in [1.165, 1.54) is 6.33 Å². The van der Waals surface area contributed by atoms with Gasteiger partial charge in [0.25, 0.3) is 0 Å². The Morgan fingerprint density at radius 2 is 1.96 bits per heavy atom. The van der Waals surface area contributed by atoms with Gasteiger partial charge >= 0.3 is 6.09 Å². The van der Waals surface area contributed by atoms with Crippen molar-refractivity contribution in [2.45, 2.75) is 63.6 Å². The Morgan fingerprint density at radius 3 is 2.67 bits per heavy atom. The lowest BCUT2D eigenvalue weighted by Crippen LogP contribution is -2.40. The fourth-order valence-electron chi connectivity index (χ4n) is 4.25. The minimum absolute atomic E-state index is 0.0667. The summed E-state index contributed by atoms with van der Waals surface area (Å²) >= 11 is 0. The molecule has 2 aromatic heterocycles. The lowest BCUT2D eigenvalue weighted by atomic mass is 9.84. The van der Waals surface area contributed by atoms with Crippen molar-refractivity contribution < 1.29 is 13.9 Å². The van der Waals surface area contributed by atoms with Gasteiger partial charge in [0.15, 0.2) is 0 Å². The van der Waals surface area contributed by atoms with Crippen molar-refractivity contribution in [2.75, 3.05) is 0 Å². The molecule has 0 radical (unpaired) electrons. The zero-order valence-electron chi connectivity index (χ0n) is 15.7. The Labute approximate surface area is 157 Å². The molecule has 1 amide bonds. The SMILES string of the molecule is CC(C)(C)OC(=O)N1C2CCC1C(c1cnc(F)c(-c3cncnc3)c1)C2. The summed E-state index contributed by atoms with van der Waals surface area (Å²) in [7, 11) is 0. The van der Waals surface area contributed by atoms with E-state index in [4.69, 9.17) is 4.74 Å². The standard InChI is InChI=1S/C20H23FN4O2/c1-20(2,3)27-19(26)25-14-4-5-17(25)15(7-14)12-6-16(18(21)24-10-12)13-8-22-11-23-9-13/h6,8-11,14-15,17H,4-5,7H2,1-3H3. The molecule has 0 spiro atoms. The highest BCUT2D eigenvalue weighted by atomic mass is 19.1. The van der Waals surface area contributed by atoms with Crippen LogP contribution in [0.2, 0.25) is 0 Å². The molecule has 0 N–H and O–H groups in total. The first-order chi connectivity index (χ1) is 12.8. The molecule has 4 rings (SSSR count). The highest BCUT2D eigenvalue weighted by Gasteiger charge is 2.50. The van der Waals surface area contributed by atoms with Crippen LogP contribution in [0, 0.1) is 5.95 Å². The topological polar surface area (TPSA) is 68.2 Å². The van der Waals surface area contributed by atoms with Gasteiger partial charge in [-0.3, -0.25) is 0 Å². The number of hydrogen-bond donors (Lipinski definition) is 0. The lowest BCUT2D eigenvalue weighted by Gasteiger charge is -2.28. The van der Waals surface area contributed by atoms with Crippen molar-refractivity contribution in [3.05, 3.63) is 42.5 Å². The fraction of sp³-hybridized carbons (Fsp3) is 0.500. The van der Waals surface area contributed by atoms with E-state index in [-0.39, 0.29) is 24.1 Å². The van der Waals surface area contributed by atoms with Crippen molar-refractivity contribution in [2.24, 2.45) is 0 Å². The summed E-state index contributed by atoms with van der Waals surface area (Å²) in [5.41, 5.74) is 1.40. The normalized spacial score (nSPS) is 24.3. The van der Waals surface area contributed by atoms with E-state index in [2.05, 4.69) is 15.0 Å². The number of halogens is 1. The second kappa shape index (κ2) is 6.55. The van der Waals surface area contributed by atoms with Crippen LogP contribution in [0.1, 0.15) is 51.5 Å². The molecule has 0 saturated carbocycles. The highest BCUT2D eigenvalue weighted by Crippen LogP contribution is 2.47. The number of carbonyl (C=O) groups is 1. The van der Waals surface area contributed by atoms with Crippen molar-refractivity contribution in [3.63, 3.8) is 0 Å². The van der Waals surface area contributed by atoms with Gasteiger partial charge in [0.1, 0.15) is 11.9 Å². The smallest absolute Gasteiger partial charge is 0.410 e. The van der Waals surface area contributed by atoms with Crippen LogP contribution in [-0.2, 0) is 4.74 Å². The van der Waals surface area contributed by atoms with Gasteiger partial charge in [-0.25, -0.2) is 19.7 Å². The Morgan fingerprint density at radius 1 is 1.22 bits per heavy atom. The number of hydrogen-bond acceptors (Lipinski definition) is 5. The van der Waals surface area contributed by atoms with Gasteiger partial charge in [-0.15, -0.1) is 0 Å². The highest BCUT2D eigenvalue weighted by molar-refractivity contribution is 5.70. The van der Waals surface area contributed by atoms with E-state index in [1.807, 2.05) is 31.7 Å². The third-order valence-electron chi connectivity index (χ3n) is 5.30. The van der Waals surface area contributed by atoms with Crippen LogP contribution >= 0.6 is 0 Å². The minimum atomic E-state index is -0.541. The van der Waals surface area contributed by atoms with Gasteiger partial charge in [-0.1, -0.05) is 0 Å². The molecular formula is C20H23FN4O2. The summed E-state index contributed by atoms with van der Waals surface area (Å²) in [5.74, 6) is -0.409. The average Bonchev–Trinajstić information content (AvgIpc) is 3.20. The molecule has 2 aliphatic heterocycles. The predicted molar refractivity (Wildman–Crippen MR) is 97.5 cm³/mol. The molecule has 2 fully saturated rings. The van der Waals surface area contributed by atoms with Crippen LogP contribution in [0.5, 0.6) is 0 Å². The Balaban J connectivity index is 1.61. The number of amides is 1. The Kier molecular flexibility index (Phi) is 4.32. The summed E-state index contributed by atoms with van der Waals surface area (Å²) in [5, 5.41) is 0. The van der Waals surface area contributed by atoms with Crippen molar-refractivity contribution in [1.29, 1.82) is 0 Å². The third kappa shape index (κ3) is 3.38. The van der Waals surface area contributed by atoms with Gasteiger partial charge in [-0.05, 0) is 51.7 Å². The molecule has 3 atom stereocenters. The molecule has 0 aromatic carbocycles. The maximum Gasteiger partial charge on any atom is 0.410 e. The van der Waals surface area contributed by atoms with E-state index in [1.54, 1.807) is 18.6 Å². The van der Waals surface area contributed by atoms with Gasteiger partial charge < -0.3 is 9.64 Å². The fourth-order valence-corrected chi connectivity index (χ4v) is 4.25. The van der Waals surface area contributed by atoms with Gasteiger partial charge in [0.05, 0.1) is 0 Å². The van der Waals surface area contributed by atoms with Crippen molar-refractivity contribution in [1.82, 2.24) is 19.9 Å². The summed E-state index contributed by atoms with van der Waals surface area (Å²) in [6.07, 6.45) is 8.64.